The summed E-state index contributed by atoms with van der Waals surface area (Å²) in [6, 6.07) is 14.2. The van der Waals surface area contributed by atoms with Gasteiger partial charge < -0.3 is 10.4 Å². The van der Waals surface area contributed by atoms with Crippen LogP contribution >= 0.6 is 0 Å². The molecule has 150 valence electrons. The molecule has 1 aliphatic rings. The van der Waals surface area contributed by atoms with Crippen molar-refractivity contribution in [3.8, 4) is 0 Å². The van der Waals surface area contributed by atoms with Crippen LogP contribution in [-0.4, -0.2) is 27.1 Å². The van der Waals surface area contributed by atoms with Gasteiger partial charge in [-0.2, -0.15) is 0 Å². The number of carbonyl (C=O) groups excluding carboxylic acids is 1. The Bertz CT molecular complexity index is 1080. The number of rotatable bonds is 4. The largest absolute Gasteiger partial charge is 0.387 e. The fourth-order valence-corrected chi connectivity index (χ4v) is 3.82. The molecule has 0 unspecified atom stereocenters. The van der Waals surface area contributed by atoms with Crippen molar-refractivity contribution >= 4 is 16.8 Å². The van der Waals surface area contributed by atoms with Crippen molar-refractivity contribution in [2.75, 3.05) is 6.54 Å². The molecule has 1 amide bonds. The molecule has 3 aromatic rings. The van der Waals surface area contributed by atoms with Crippen molar-refractivity contribution in [2.45, 2.75) is 44.8 Å². The summed E-state index contributed by atoms with van der Waals surface area (Å²) < 4.78 is 1.79. The number of carbonyl (C=O) groups is 1. The Morgan fingerprint density at radius 1 is 1.10 bits per heavy atom. The Labute approximate surface area is 169 Å². The Morgan fingerprint density at radius 3 is 2.72 bits per heavy atom. The number of nitrogens with one attached hydrogen (secondary N) is 1. The zero-order valence-electron chi connectivity index (χ0n) is 16.3. The van der Waals surface area contributed by atoms with Gasteiger partial charge in [0.15, 0.2) is 0 Å². The number of aliphatic hydroxyl groups excluding tert-OH is 1. The van der Waals surface area contributed by atoms with Gasteiger partial charge in [0.05, 0.1) is 17.0 Å². The Kier molecular flexibility index (Phi) is 5.71. The van der Waals surface area contributed by atoms with Gasteiger partial charge in [-0.05, 0) is 36.6 Å². The van der Waals surface area contributed by atoms with Crippen LogP contribution in [0.25, 0.3) is 10.9 Å². The SMILES string of the molecule is O=C(NC[C@H](O)c1ccccc1)c1ccc2c(=O)n3c(nc2c1)CCCCCC3. The van der Waals surface area contributed by atoms with Gasteiger partial charge in [-0.1, -0.05) is 43.2 Å². The van der Waals surface area contributed by atoms with Crippen molar-refractivity contribution in [3.05, 3.63) is 75.8 Å². The molecule has 0 fully saturated rings. The number of benzene rings is 2. The van der Waals surface area contributed by atoms with E-state index in [4.69, 9.17) is 4.98 Å². The molecule has 0 radical (unpaired) electrons. The molecular formula is C23H25N3O3. The third-order valence-corrected chi connectivity index (χ3v) is 5.47. The van der Waals surface area contributed by atoms with E-state index in [9.17, 15) is 14.7 Å². The van der Waals surface area contributed by atoms with Crippen molar-refractivity contribution < 1.29 is 9.90 Å². The van der Waals surface area contributed by atoms with Crippen LogP contribution in [0.15, 0.2) is 53.3 Å². The molecule has 2 aromatic carbocycles. The highest BCUT2D eigenvalue weighted by Gasteiger charge is 2.15. The first kappa shape index (κ1) is 19.3. The Morgan fingerprint density at radius 2 is 1.90 bits per heavy atom. The summed E-state index contributed by atoms with van der Waals surface area (Å²) >= 11 is 0. The first-order valence-electron chi connectivity index (χ1n) is 10.2. The molecule has 1 atom stereocenters. The minimum Gasteiger partial charge on any atom is -0.387 e. The molecule has 6 nitrogen and oxygen atoms in total. The van der Waals surface area contributed by atoms with Crippen molar-refractivity contribution in [1.29, 1.82) is 0 Å². The van der Waals surface area contributed by atoms with E-state index < -0.39 is 6.10 Å². The number of hydrogen-bond acceptors (Lipinski definition) is 4. The first-order valence-corrected chi connectivity index (χ1v) is 10.2. The van der Waals surface area contributed by atoms with Crippen LogP contribution in [-0.2, 0) is 13.0 Å². The van der Waals surface area contributed by atoms with Crippen LogP contribution in [0.1, 0.15) is 53.5 Å². The zero-order chi connectivity index (χ0) is 20.2. The van der Waals surface area contributed by atoms with Gasteiger partial charge in [0.1, 0.15) is 5.82 Å². The molecule has 4 rings (SSSR count). The van der Waals surface area contributed by atoms with E-state index in [0.717, 1.165) is 43.5 Å². The maximum absolute atomic E-state index is 12.9. The van der Waals surface area contributed by atoms with E-state index in [1.54, 1.807) is 22.8 Å². The molecule has 0 saturated carbocycles. The predicted octanol–water partition coefficient (Wildman–Crippen LogP) is 2.98. The van der Waals surface area contributed by atoms with E-state index >= 15 is 0 Å². The maximum atomic E-state index is 12.9. The van der Waals surface area contributed by atoms with E-state index in [-0.39, 0.29) is 18.0 Å². The molecule has 0 saturated heterocycles. The molecule has 2 N–H and O–H groups in total. The smallest absolute Gasteiger partial charge is 0.261 e. The van der Waals surface area contributed by atoms with Gasteiger partial charge in [-0.25, -0.2) is 4.98 Å². The van der Waals surface area contributed by atoms with Crippen LogP contribution in [0.2, 0.25) is 0 Å². The number of aryl methyl sites for hydroxylation is 1. The first-order chi connectivity index (χ1) is 14.1. The van der Waals surface area contributed by atoms with Crippen molar-refractivity contribution in [2.24, 2.45) is 0 Å². The summed E-state index contributed by atoms with van der Waals surface area (Å²) in [5.41, 5.74) is 1.71. The fraction of sp³-hybridized carbons (Fsp3) is 0.348. The van der Waals surface area contributed by atoms with Gasteiger partial charge in [0, 0.05) is 25.1 Å². The van der Waals surface area contributed by atoms with Crippen LogP contribution < -0.4 is 10.9 Å². The van der Waals surface area contributed by atoms with Crippen LogP contribution in [0.4, 0.5) is 0 Å². The lowest BCUT2D eigenvalue weighted by molar-refractivity contribution is 0.0916. The van der Waals surface area contributed by atoms with Crippen LogP contribution in [0.3, 0.4) is 0 Å². The topological polar surface area (TPSA) is 84.2 Å². The summed E-state index contributed by atoms with van der Waals surface area (Å²) in [4.78, 5) is 30.1. The summed E-state index contributed by atoms with van der Waals surface area (Å²) in [5, 5.41) is 13.5. The number of fused-ring (bicyclic) bond motifs is 2. The highest BCUT2D eigenvalue weighted by Crippen LogP contribution is 2.17. The molecule has 0 aliphatic carbocycles. The number of amides is 1. The molecule has 2 heterocycles. The summed E-state index contributed by atoms with van der Waals surface area (Å²) in [6.07, 6.45) is 4.31. The maximum Gasteiger partial charge on any atom is 0.261 e. The van der Waals surface area contributed by atoms with E-state index in [1.165, 1.54) is 0 Å². The molecule has 1 aromatic heterocycles. The van der Waals surface area contributed by atoms with Crippen molar-refractivity contribution in [3.63, 3.8) is 0 Å². The van der Waals surface area contributed by atoms with Crippen molar-refractivity contribution in [1.82, 2.24) is 14.9 Å². The fourth-order valence-electron chi connectivity index (χ4n) is 3.82. The summed E-state index contributed by atoms with van der Waals surface area (Å²) in [5.74, 6) is 0.509. The minimum absolute atomic E-state index is 0.0293. The van der Waals surface area contributed by atoms with Gasteiger partial charge in [-0.3, -0.25) is 14.2 Å². The third-order valence-electron chi connectivity index (χ3n) is 5.47. The third kappa shape index (κ3) is 4.22. The van der Waals surface area contributed by atoms with Gasteiger partial charge >= 0.3 is 0 Å². The van der Waals surface area contributed by atoms with Gasteiger partial charge in [0.25, 0.3) is 11.5 Å². The summed E-state index contributed by atoms with van der Waals surface area (Å²) in [7, 11) is 0. The van der Waals surface area contributed by atoms with E-state index in [2.05, 4.69) is 5.32 Å². The monoisotopic (exact) mass is 391 g/mol. The van der Waals surface area contributed by atoms with Gasteiger partial charge in [0.2, 0.25) is 0 Å². The molecule has 29 heavy (non-hydrogen) atoms. The Balaban J connectivity index is 1.55. The molecule has 1 aliphatic heterocycles. The molecule has 0 spiro atoms. The minimum atomic E-state index is -0.775. The highest BCUT2D eigenvalue weighted by atomic mass is 16.3. The quantitative estimate of drug-likeness (QED) is 0.716. The zero-order valence-corrected chi connectivity index (χ0v) is 16.3. The van der Waals surface area contributed by atoms with Gasteiger partial charge in [-0.15, -0.1) is 0 Å². The standard InChI is InChI=1S/C23H25N3O3/c27-20(16-8-4-3-5-9-16)15-24-22(28)17-11-12-18-19(14-17)25-21-10-6-1-2-7-13-26(21)23(18)29/h3-5,8-9,11-12,14,20,27H,1-2,6-7,10,13,15H2,(H,24,28)/t20-/m0/s1. The second-order valence-corrected chi connectivity index (χ2v) is 7.52. The van der Waals surface area contributed by atoms with E-state index in [0.29, 0.717) is 23.0 Å². The lowest BCUT2D eigenvalue weighted by atomic mass is 10.1. The molecule has 0 bridgehead atoms. The average Bonchev–Trinajstić information content (AvgIpc) is 2.73. The molecular weight excluding hydrogens is 366 g/mol. The van der Waals surface area contributed by atoms with E-state index in [1.807, 2.05) is 30.3 Å². The highest BCUT2D eigenvalue weighted by molar-refractivity contribution is 5.97. The lowest BCUT2D eigenvalue weighted by Crippen LogP contribution is -2.29. The number of aliphatic hydroxyl groups is 1. The summed E-state index contributed by atoms with van der Waals surface area (Å²) in [6.45, 7) is 0.817. The molecule has 6 heteroatoms. The second kappa shape index (κ2) is 8.57. The van der Waals surface area contributed by atoms with Crippen LogP contribution in [0.5, 0.6) is 0 Å². The normalized spacial score (nSPS) is 15.2. The lowest BCUT2D eigenvalue weighted by Gasteiger charge is -2.16. The van der Waals surface area contributed by atoms with Crippen LogP contribution in [0, 0.1) is 0 Å². The number of aromatic nitrogens is 2. The Hall–Kier alpha value is -2.99. The average molecular weight is 391 g/mol. The predicted molar refractivity (Wildman–Crippen MR) is 112 cm³/mol. The number of nitrogens with zero attached hydrogens (tertiary/aromatic N) is 2. The number of hydrogen-bond donors (Lipinski definition) is 2. The second-order valence-electron chi connectivity index (χ2n) is 7.52.